The minimum atomic E-state index is -1.23. The molecular formula is C32H41N3O5. The molecule has 5 atom stereocenters. The lowest BCUT2D eigenvalue weighted by Gasteiger charge is -2.40. The van der Waals surface area contributed by atoms with Crippen molar-refractivity contribution in [2.24, 2.45) is 11.8 Å². The van der Waals surface area contributed by atoms with Crippen LogP contribution >= 0.6 is 0 Å². The Morgan fingerprint density at radius 3 is 2.40 bits per heavy atom. The van der Waals surface area contributed by atoms with Crippen molar-refractivity contribution in [1.82, 2.24) is 14.7 Å². The highest BCUT2D eigenvalue weighted by atomic mass is 16.5. The van der Waals surface area contributed by atoms with Crippen LogP contribution in [0.4, 0.5) is 0 Å². The molecule has 1 aliphatic carbocycles. The maximum atomic E-state index is 14.5. The van der Waals surface area contributed by atoms with Crippen molar-refractivity contribution in [3.8, 4) is 0 Å². The lowest BCUT2D eigenvalue weighted by atomic mass is 9.73. The second kappa shape index (κ2) is 10.8. The molecule has 1 aromatic carbocycles. The largest absolute Gasteiger partial charge is 0.396 e. The van der Waals surface area contributed by atoms with E-state index in [9.17, 15) is 19.5 Å². The van der Waals surface area contributed by atoms with E-state index in [0.717, 1.165) is 31.2 Å². The minimum Gasteiger partial charge on any atom is -0.396 e. The number of ether oxygens (including phenoxy) is 1. The SMILES string of the molecule is CC[C@]12C=CCN(Cc3ccccc3)C(=O)[C@H]1[C@H]1C(=O)N(CCCO)C3C(=O)N(C4CCCCC4)CC=C[C@@]31O2. The summed E-state index contributed by atoms with van der Waals surface area (Å²) in [5, 5.41) is 9.66. The molecule has 214 valence electrons. The van der Waals surface area contributed by atoms with Crippen molar-refractivity contribution in [1.29, 1.82) is 0 Å². The fraction of sp³-hybridized carbons (Fsp3) is 0.594. The van der Waals surface area contributed by atoms with Gasteiger partial charge >= 0.3 is 0 Å². The number of likely N-dealkylation sites (tertiary alicyclic amines) is 1. The summed E-state index contributed by atoms with van der Waals surface area (Å²) < 4.78 is 7.04. The van der Waals surface area contributed by atoms with Crippen LogP contribution < -0.4 is 0 Å². The third-order valence-corrected chi connectivity index (χ3v) is 9.84. The van der Waals surface area contributed by atoms with Crippen LogP contribution in [0.2, 0.25) is 0 Å². The van der Waals surface area contributed by atoms with Crippen LogP contribution in [0.15, 0.2) is 54.6 Å². The van der Waals surface area contributed by atoms with Gasteiger partial charge in [-0.3, -0.25) is 14.4 Å². The van der Waals surface area contributed by atoms with E-state index in [4.69, 9.17) is 4.74 Å². The molecule has 40 heavy (non-hydrogen) atoms. The molecule has 1 aromatic rings. The van der Waals surface area contributed by atoms with E-state index in [0.29, 0.717) is 32.5 Å². The monoisotopic (exact) mass is 547 g/mol. The predicted molar refractivity (Wildman–Crippen MR) is 150 cm³/mol. The molecule has 0 aromatic heterocycles. The summed E-state index contributed by atoms with van der Waals surface area (Å²) in [4.78, 5) is 48.7. The van der Waals surface area contributed by atoms with Crippen LogP contribution in [-0.4, -0.2) is 87.1 Å². The fourth-order valence-corrected chi connectivity index (χ4v) is 7.98. The lowest BCUT2D eigenvalue weighted by molar-refractivity contribution is -0.155. The Labute approximate surface area is 236 Å². The number of nitrogens with zero attached hydrogens (tertiary/aromatic N) is 3. The Hall–Kier alpha value is -2.97. The highest BCUT2D eigenvalue weighted by molar-refractivity contribution is 6.00. The highest BCUT2D eigenvalue weighted by Gasteiger charge is 2.75. The van der Waals surface area contributed by atoms with Gasteiger partial charge in [0.1, 0.15) is 11.6 Å². The molecule has 3 amide bonds. The van der Waals surface area contributed by atoms with Crippen molar-refractivity contribution >= 4 is 17.7 Å². The molecule has 2 saturated heterocycles. The molecule has 6 rings (SSSR count). The van der Waals surface area contributed by atoms with Gasteiger partial charge in [0, 0.05) is 38.8 Å². The first-order valence-electron chi connectivity index (χ1n) is 15.1. The Morgan fingerprint density at radius 1 is 0.925 bits per heavy atom. The zero-order chi connectivity index (χ0) is 27.9. The topological polar surface area (TPSA) is 90.4 Å². The van der Waals surface area contributed by atoms with Crippen LogP contribution in [-0.2, 0) is 25.7 Å². The van der Waals surface area contributed by atoms with Crippen LogP contribution in [0.1, 0.15) is 57.4 Å². The number of aliphatic hydroxyl groups is 1. The zero-order valence-electron chi connectivity index (χ0n) is 23.4. The zero-order valence-corrected chi connectivity index (χ0v) is 23.4. The van der Waals surface area contributed by atoms with Crippen LogP contribution in [0.25, 0.3) is 0 Å². The van der Waals surface area contributed by atoms with Crippen molar-refractivity contribution in [2.75, 3.05) is 26.2 Å². The average Bonchev–Trinajstić information content (AvgIpc) is 3.27. The maximum Gasteiger partial charge on any atom is 0.249 e. The summed E-state index contributed by atoms with van der Waals surface area (Å²) in [6.45, 7) is 3.52. The standard InChI is InChI=1S/C32H41N3O5/c1-2-31-16-9-18-33(22-23-12-5-3-6-13-23)28(37)25(31)26-29(38)35(20-11-21-36)27-30(39)34(24-14-7-4-8-15-24)19-10-17-32(26,27)40-31/h3,5-6,9-10,12-13,16-17,24-27,36H,2,4,7-8,11,14-15,18-22H2,1H3/t25-,26+,27?,31+,32+/m1/s1. The first-order valence-corrected chi connectivity index (χ1v) is 15.1. The van der Waals surface area contributed by atoms with E-state index in [-0.39, 0.29) is 36.9 Å². The Balaban J connectivity index is 1.42. The molecule has 1 spiro atoms. The number of fused-ring (bicyclic) bond motifs is 2. The third kappa shape index (κ3) is 4.22. The van der Waals surface area contributed by atoms with Crippen molar-refractivity contribution < 1.29 is 24.2 Å². The summed E-state index contributed by atoms with van der Waals surface area (Å²) in [6, 6.07) is 9.17. The number of benzene rings is 1. The highest BCUT2D eigenvalue weighted by Crippen LogP contribution is 2.58. The molecule has 4 aliphatic heterocycles. The number of hydrogen-bond acceptors (Lipinski definition) is 5. The molecule has 0 radical (unpaired) electrons. The van der Waals surface area contributed by atoms with Gasteiger partial charge in [-0.15, -0.1) is 0 Å². The minimum absolute atomic E-state index is 0.0831. The van der Waals surface area contributed by atoms with E-state index in [2.05, 4.69) is 0 Å². The maximum absolute atomic E-state index is 14.5. The lowest BCUT2D eigenvalue weighted by Crippen LogP contribution is -2.58. The van der Waals surface area contributed by atoms with E-state index in [1.807, 2.05) is 71.4 Å². The molecule has 8 heteroatoms. The summed E-state index contributed by atoms with van der Waals surface area (Å²) in [7, 11) is 0. The molecular weight excluding hydrogens is 506 g/mol. The molecule has 0 bridgehead atoms. The quantitative estimate of drug-likeness (QED) is 0.530. The third-order valence-electron chi connectivity index (χ3n) is 9.84. The van der Waals surface area contributed by atoms with E-state index in [1.54, 1.807) is 4.90 Å². The van der Waals surface area contributed by atoms with Gasteiger partial charge in [0.05, 0.1) is 17.4 Å². The Kier molecular flexibility index (Phi) is 7.34. The molecule has 1 unspecified atom stereocenters. The van der Waals surface area contributed by atoms with Crippen LogP contribution in [0, 0.1) is 11.8 Å². The first-order chi connectivity index (χ1) is 19.5. The van der Waals surface area contributed by atoms with Gasteiger partial charge in [0.15, 0.2) is 0 Å². The Morgan fingerprint density at radius 2 is 1.68 bits per heavy atom. The molecule has 3 fully saturated rings. The number of amides is 3. The summed E-state index contributed by atoms with van der Waals surface area (Å²) in [5.74, 6) is -1.97. The number of hydrogen-bond donors (Lipinski definition) is 1. The van der Waals surface area contributed by atoms with Gasteiger partial charge in [-0.2, -0.15) is 0 Å². The normalized spacial score (nSPS) is 34.1. The van der Waals surface area contributed by atoms with Gasteiger partial charge in [0.2, 0.25) is 17.7 Å². The van der Waals surface area contributed by atoms with Crippen LogP contribution in [0.3, 0.4) is 0 Å². The number of carbonyl (C=O) groups is 3. The average molecular weight is 548 g/mol. The van der Waals surface area contributed by atoms with Gasteiger partial charge < -0.3 is 24.5 Å². The van der Waals surface area contributed by atoms with E-state index >= 15 is 0 Å². The second-order valence-corrected chi connectivity index (χ2v) is 12.0. The number of aliphatic hydroxyl groups excluding tert-OH is 1. The first kappa shape index (κ1) is 27.2. The van der Waals surface area contributed by atoms with Crippen LogP contribution in [0.5, 0.6) is 0 Å². The molecule has 4 heterocycles. The molecule has 8 nitrogen and oxygen atoms in total. The fourth-order valence-electron chi connectivity index (χ4n) is 7.98. The number of carbonyl (C=O) groups excluding carboxylic acids is 3. The van der Waals surface area contributed by atoms with Gasteiger partial charge in [-0.25, -0.2) is 0 Å². The summed E-state index contributed by atoms with van der Waals surface area (Å²) in [6.07, 6.45) is 14.1. The van der Waals surface area contributed by atoms with E-state index < -0.39 is 29.1 Å². The summed E-state index contributed by atoms with van der Waals surface area (Å²) in [5.41, 5.74) is -1.19. The van der Waals surface area contributed by atoms with Crippen molar-refractivity contribution in [3.05, 3.63) is 60.2 Å². The van der Waals surface area contributed by atoms with Gasteiger partial charge in [-0.1, -0.05) is 80.8 Å². The summed E-state index contributed by atoms with van der Waals surface area (Å²) >= 11 is 0. The molecule has 1 saturated carbocycles. The molecule has 1 N–H and O–H groups in total. The number of rotatable bonds is 7. The Bertz CT molecular complexity index is 1190. The van der Waals surface area contributed by atoms with Gasteiger partial charge in [-0.05, 0) is 31.2 Å². The van der Waals surface area contributed by atoms with Crippen molar-refractivity contribution in [3.63, 3.8) is 0 Å². The van der Waals surface area contributed by atoms with Gasteiger partial charge in [0.25, 0.3) is 0 Å². The van der Waals surface area contributed by atoms with E-state index in [1.165, 1.54) is 6.42 Å². The smallest absolute Gasteiger partial charge is 0.249 e. The second-order valence-electron chi connectivity index (χ2n) is 12.0. The van der Waals surface area contributed by atoms with Crippen molar-refractivity contribution in [2.45, 2.75) is 81.7 Å². The predicted octanol–water partition coefficient (Wildman–Crippen LogP) is 3.06. The molecule has 5 aliphatic rings.